The Balaban J connectivity index is 1.47. The van der Waals surface area contributed by atoms with Crippen molar-refractivity contribution >= 4 is 17.5 Å². The number of ether oxygens (including phenoxy) is 3. The molecule has 0 atom stereocenters. The summed E-state index contributed by atoms with van der Waals surface area (Å²) < 4.78 is 15.8. The SMILES string of the molecule is COc1cccc(NC(=O)CN(C)C(=O)CN(C)Cc2ccc3c(c2)OCO3)c1. The minimum Gasteiger partial charge on any atom is -0.497 e. The normalized spacial score (nSPS) is 12.0. The quantitative estimate of drug-likeness (QED) is 0.731. The molecule has 154 valence electrons. The summed E-state index contributed by atoms with van der Waals surface area (Å²) in [5, 5.41) is 2.77. The van der Waals surface area contributed by atoms with Crippen molar-refractivity contribution in [1.29, 1.82) is 0 Å². The number of rotatable bonds is 8. The van der Waals surface area contributed by atoms with Gasteiger partial charge < -0.3 is 24.4 Å². The van der Waals surface area contributed by atoms with Gasteiger partial charge in [-0.2, -0.15) is 0 Å². The van der Waals surface area contributed by atoms with E-state index in [0.717, 1.165) is 11.3 Å². The molecule has 3 rings (SSSR count). The minimum atomic E-state index is -0.271. The lowest BCUT2D eigenvalue weighted by molar-refractivity contribution is -0.134. The summed E-state index contributed by atoms with van der Waals surface area (Å²) >= 11 is 0. The molecule has 2 aromatic rings. The standard InChI is InChI=1S/C21H25N3O5/c1-23(11-15-7-8-18-19(9-15)29-14-28-18)13-21(26)24(2)12-20(25)22-16-5-4-6-17(10-16)27-3/h4-10H,11-14H2,1-3H3,(H,22,25). The van der Waals surface area contributed by atoms with E-state index in [2.05, 4.69) is 5.32 Å². The molecule has 29 heavy (non-hydrogen) atoms. The number of likely N-dealkylation sites (N-methyl/N-ethyl adjacent to an activating group) is 2. The highest BCUT2D eigenvalue weighted by molar-refractivity contribution is 5.94. The number of nitrogens with zero attached hydrogens (tertiary/aromatic N) is 2. The van der Waals surface area contributed by atoms with Crippen LogP contribution in [0.5, 0.6) is 17.2 Å². The molecule has 0 unspecified atom stereocenters. The molecule has 2 aromatic carbocycles. The molecule has 8 nitrogen and oxygen atoms in total. The zero-order valence-corrected chi connectivity index (χ0v) is 16.8. The number of methoxy groups -OCH3 is 1. The number of fused-ring (bicyclic) bond motifs is 1. The van der Waals surface area contributed by atoms with Crippen LogP contribution >= 0.6 is 0 Å². The lowest BCUT2D eigenvalue weighted by Gasteiger charge is -2.21. The molecular formula is C21H25N3O5. The maximum absolute atomic E-state index is 12.5. The van der Waals surface area contributed by atoms with Crippen molar-refractivity contribution < 1.29 is 23.8 Å². The first-order valence-electron chi connectivity index (χ1n) is 9.19. The molecule has 0 aromatic heterocycles. The zero-order valence-electron chi connectivity index (χ0n) is 16.8. The highest BCUT2D eigenvalue weighted by atomic mass is 16.7. The van der Waals surface area contributed by atoms with Gasteiger partial charge >= 0.3 is 0 Å². The van der Waals surface area contributed by atoms with Gasteiger partial charge in [0.15, 0.2) is 11.5 Å². The number of hydrogen-bond acceptors (Lipinski definition) is 6. The Morgan fingerprint density at radius 2 is 1.86 bits per heavy atom. The first-order valence-corrected chi connectivity index (χ1v) is 9.19. The number of carbonyl (C=O) groups is 2. The monoisotopic (exact) mass is 399 g/mol. The van der Waals surface area contributed by atoms with Crippen LogP contribution in [0.2, 0.25) is 0 Å². The number of nitrogens with one attached hydrogen (secondary N) is 1. The van der Waals surface area contributed by atoms with Crippen LogP contribution in [0.15, 0.2) is 42.5 Å². The summed E-state index contributed by atoms with van der Waals surface area (Å²) in [6.45, 7) is 0.966. The average Bonchev–Trinajstić information content (AvgIpc) is 3.15. The fraction of sp³-hybridized carbons (Fsp3) is 0.333. The van der Waals surface area contributed by atoms with Gasteiger partial charge in [-0.05, 0) is 36.9 Å². The van der Waals surface area contributed by atoms with Crippen LogP contribution in [-0.4, -0.2) is 62.7 Å². The first-order chi connectivity index (χ1) is 13.9. The fourth-order valence-electron chi connectivity index (χ4n) is 2.96. The lowest BCUT2D eigenvalue weighted by Crippen LogP contribution is -2.40. The molecule has 0 bridgehead atoms. The molecule has 1 aliphatic rings. The van der Waals surface area contributed by atoms with Crippen LogP contribution in [0, 0.1) is 0 Å². The van der Waals surface area contributed by atoms with Crippen molar-refractivity contribution in [2.45, 2.75) is 6.54 Å². The Kier molecular flexibility index (Phi) is 6.56. The number of carbonyl (C=O) groups excluding carboxylic acids is 2. The van der Waals surface area contributed by atoms with Gasteiger partial charge in [0.05, 0.1) is 20.2 Å². The van der Waals surface area contributed by atoms with E-state index in [9.17, 15) is 9.59 Å². The molecule has 2 amide bonds. The summed E-state index contributed by atoms with van der Waals surface area (Å²) in [5.41, 5.74) is 1.64. The third kappa shape index (κ3) is 5.61. The van der Waals surface area contributed by atoms with Gasteiger partial charge in [0, 0.05) is 25.3 Å². The van der Waals surface area contributed by atoms with Crippen LogP contribution in [0.4, 0.5) is 5.69 Å². The van der Waals surface area contributed by atoms with Crippen molar-refractivity contribution in [3.05, 3.63) is 48.0 Å². The Bertz CT molecular complexity index is 886. The molecule has 0 aliphatic carbocycles. The van der Waals surface area contributed by atoms with Crippen molar-refractivity contribution in [3.8, 4) is 17.2 Å². The maximum Gasteiger partial charge on any atom is 0.243 e. The van der Waals surface area contributed by atoms with E-state index in [1.807, 2.05) is 30.1 Å². The van der Waals surface area contributed by atoms with E-state index < -0.39 is 0 Å². The molecule has 0 fully saturated rings. The summed E-state index contributed by atoms with van der Waals surface area (Å²) in [4.78, 5) is 28.0. The summed E-state index contributed by atoms with van der Waals surface area (Å²) in [7, 11) is 5.03. The second kappa shape index (κ2) is 9.29. The van der Waals surface area contributed by atoms with Crippen molar-refractivity contribution in [1.82, 2.24) is 9.80 Å². The molecule has 0 spiro atoms. The summed E-state index contributed by atoms with van der Waals surface area (Å²) in [6.07, 6.45) is 0. The smallest absolute Gasteiger partial charge is 0.243 e. The van der Waals surface area contributed by atoms with Gasteiger partial charge in [-0.1, -0.05) is 12.1 Å². The van der Waals surface area contributed by atoms with Gasteiger partial charge in [-0.3, -0.25) is 14.5 Å². The number of amides is 2. The number of hydrogen-bond donors (Lipinski definition) is 1. The zero-order chi connectivity index (χ0) is 20.8. The van der Waals surface area contributed by atoms with Gasteiger partial charge in [0.2, 0.25) is 18.6 Å². The van der Waals surface area contributed by atoms with Crippen LogP contribution < -0.4 is 19.5 Å². The molecule has 1 N–H and O–H groups in total. The van der Waals surface area contributed by atoms with E-state index in [1.165, 1.54) is 4.90 Å². The average molecular weight is 399 g/mol. The van der Waals surface area contributed by atoms with Crippen LogP contribution in [0.25, 0.3) is 0 Å². The largest absolute Gasteiger partial charge is 0.497 e. The van der Waals surface area contributed by atoms with E-state index in [0.29, 0.717) is 23.7 Å². The molecular weight excluding hydrogens is 374 g/mol. The topological polar surface area (TPSA) is 80.3 Å². The maximum atomic E-state index is 12.5. The molecule has 1 heterocycles. The molecule has 0 radical (unpaired) electrons. The van der Waals surface area contributed by atoms with Crippen molar-refractivity contribution in [3.63, 3.8) is 0 Å². The highest BCUT2D eigenvalue weighted by Crippen LogP contribution is 2.32. The number of benzene rings is 2. The second-order valence-corrected chi connectivity index (χ2v) is 6.89. The second-order valence-electron chi connectivity index (χ2n) is 6.89. The molecule has 8 heteroatoms. The van der Waals surface area contributed by atoms with Crippen molar-refractivity contribution in [2.75, 3.05) is 46.4 Å². The Morgan fingerprint density at radius 1 is 1.07 bits per heavy atom. The first kappa shape index (κ1) is 20.5. The van der Waals surface area contributed by atoms with Crippen LogP contribution in [0.1, 0.15) is 5.56 Å². The Hall–Kier alpha value is -3.26. The van der Waals surface area contributed by atoms with E-state index in [-0.39, 0.29) is 31.7 Å². The minimum absolute atomic E-state index is 0.0338. The van der Waals surface area contributed by atoms with E-state index in [4.69, 9.17) is 14.2 Å². The van der Waals surface area contributed by atoms with Crippen molar-refractivity contribution in [2.24, 2.45) is 0 Å². The van der Waals surface area contributed by atoms with E-state index in [1.54, 1.807) is 38.4 Å². The van der Waals surface area contributed by atoms with Crippen LogP contribution in [0.3, 0.4) is 0 Å². The Morgan fingerprint density at radius 3 is 2.66 bits per heavy atom. The fourth-order valence-corrected chi connectivity index (χ4v) is 2.96. The lowest BCUT2D eigenvalue weighted by atomic mass is 10.2. The molecule has 1 aliphatic heterocycles. The summed E-state index contributed by atoms with van der Waals surface area (Å²) in [5.74, 6) is 1.68. The third-order valence-electron chi connectivity index (χ3n) is 4.45. The predicted octanol–water partition coefficient (Wildman–Crippen LogP) is 1.95. The molecule has 0 saturated carbocycles. The Labute approximate surface area is 170 Å². The van der Waals surface area contributed by atoms with E-state index >= 15 is 0 Å². The van der Waals surface area contributed by atoms with Gasteiger partial charge in [0.1, 0.15) is 5.75 Å². The summed E-state index contributed by atoms with van der Waals surface area (Å²) in [6, 6.07) is 12.8. The predicted molar refractivity (Wildman–Crippen MR) is 108 cm³/mol. The van der Waals surface area contributed by atoms with Gasteiger partial charge in [-0.25, -0.2) is 0 Å². The third-order valence-corrected chi connectivity index (χ3v) is 4.45. The number of anilines is 1. The van der Waals surface area contributed by atoms with Gasteiger partial charge in [-0.15, -0.1) is 0 Å². The highest BCUT2D eigenvalue weighted by Gasteiger charge is 2.17. The van der Waals surface area contributed by atoms with Crippen LogP contribution in [-0.2, 0) is 16.1 Å². The molecule has 0 saturated heterocycles. The van der Waals surface area contributed by atoms with Gasteiger partial charge in [0.25, 0.3) is 0 Å².